The molecule has 0 radical (unpaired) electrons. The Labute approximate surface area is 171 Å². The second-order valence-corrected chi connectivity index (χ2v) is 6.74. The Hall–Kier alpha value is -4.08. The largest absolute Gasteiger partial charge is 0.293 e. The molecule has 2 aromatic heterocycles. The molecule has 0 aliphatic heterocycles. The quantitative estimate of drug-likeness (QED) is 0.425. The van der Waals surface area contributed by atoms with Crippen molar-refractivity contribution in [2.24, 2.45) is 14.1 Å². The molecule has 0 bridgehead atoms. The monoisotopic (exact) mass is 402 g/mol. The summed E-state index contributed by atoms with van der Waals surface area (Å²) in [5, 5.41) is 23.2. The fourth-order valence-electron chi connectivity index (χ4n) is 3.40. The number of carbonyl (C=O) groups excluding carboxylic acids is 2. The van der Waals surface area contributed by atoms with E-state index >= 15 is 0 Å². The summed E-state index contributed by atoms with van der Waals surface area (Å²) in [7, 11) is 3.25. The molecular formula is C20H18N8O2. The van der Waals surface area contributed by atoms with Gasteiger partial charge in [0.1, 0.15) is 11.8 Å². The summed E-state index contributed by atoms with van der Waals surface area (Å²) >= 11 is 0. The molecule has 0 amide bonds. The van der Waals surface area contributed by atoms with Crippen molar-refractivity contribution in [2.45, 2.75) is 11.8 Å². The molecule has 150 valence electrons. The highest BCUT2D eigenvalue weighted by molar-refractivity contribution is 6.09. The molecule has 0 saturated carbocycles. The van der Waals surface area contributed by atoms with Crippen molar-refractivity contribution < 1.29 is 9.59 Å². The lowest BCUT2D eigenvalue weighted by Gasteiger charge is -2.23. The summed E-state index contributed by atoms with van der Waals surface area (Å²) in [6.07, 6.45) is 0. The summed E-state index contributed by atoms with van der Waals surface area (Å²) in [5.41, 5.74) is 0.873. The van der Waals surface area contributed by atoms with Gasteiger partial charge < -0.3 is 0 Å². The van der Waals surface area contributed by atoms with Gasteiger partial charge in [-0.3, -0.25) is 9.59 Å². The molecule has 4 rings (SSSR count). The number of rotatable bonds is 7. The van der Waals surface area contributed by atoms with Crippen LogP contribution in [0, 0.1) is 0 Å². The average Bonchev–Trinajstić information content (AvgIpc) is 3.40. The van der Waals surface area contributed by atoms with E-state index in [9.17, 15) is 9.59 Å². The molecule has 0 fully saturated rings. The topological polar surface area (TPSA) is 121 Å². The molecule has 10 heteroatoms. The molecule has 0 N–H and O–H groups in total. The van der Waals surface area contributed by atoms with Gasteiger partial charge in [0.05, 0.1) is 0 Å². The summed E-state index contributed by atoms with van der Waals surface area (Å²) in [4.78, 5) is 27.3. The fraction of sp³-hybridized carbons (Fsp3) is 0.200. The van der Waals surface area contributed by atoms with Crippen LogP contribution in [0.5, 0.6) is 0 Å². The first kappa shape index (κ1) is 19.2. The highest BCUT2D eigenvalue weighted by atomic mass is 16.1. The van der Waals surface area contributed by atoms with Gasteiger partial charge in [0, 0.05) is 25.2 Å². The van der Waals surface area contributed by atoms with Crippen molar-refractivity contribution in [1.82, 2.24) is 40.4 Å². The number of aryl methyl sites for hydroxylation is 2. The zero-order valence-electron chi connectivity index (χ0n) is 16.3. The third-order valence-electron chi connectivity index (χ3n) is 4.88. The molecule has 0 unspecified atom stereocenters. The van der Waals surface area contributed by atoms with Gasteiger partial charge in [-0.25, -0.2) is 9.36 Å². The van der Waals surface area contributed by atoms with Crippen LogP contribution in [-0.4, -0.2) is 52.0 Å². The number of tetrazole rings is 2. The standard InChI is InChI=1S/C20H18N8O2/c1-27-19(21-23-25-27)15(17(29)13-9-5-3-6-10-13)16(20-22-24-26-28(20)2)18(30)14-11-7-4-8-12-14/h3-12,15-16H,1-2H3/t15-,16-/m0/s1. The lowest BCUT2D eigenvalue weighted by molar-refractivity contribution is 0.0854. The highest BCUT2D eigenvalue weighted by Gasteiger charge is 2.42. The average molecular weight is 402 g/mol. The van der Waals surface area contributed by atoms with Crippen LogP contribution in [-0.2, 0) is 14.1 Å². The number of benzene rings is 2. The summed E-state index contributed by atoms with van der Waals surface area (Å²) < 4.78 is 2.78. The smallest absolute Gasteiger partial charge is 0.174 e. The van der Waals surface area contributed by atoms with Crippen LogP contribution >= 0.6 is 0 Å². The van der Waals surface area contributed by atoms with E-state index in [-0.39, 0.29) is 23.2 Å². The van der Waals surface area contributed by atoms with Crippen molar-refractivity contribution >= 4 is 11.6 Å². The molecule has 0 spiro atoms. The van der Waals surface area contributed by atoms with Crippen molar-refractivity contribution in [1.29, 1.82) is 0 Å². The van der Waals surface area contributed by atoms with Crippen molar-refractivity contribution in [3.63, 3.8) is 0 Å². The molecule has 4 aromatic rings. The van der Waals surface area contributed by atoms with E-state index in [0.29, 0.717) is 11.1 Å². The number of hydrogen-bond donors (Lipinski definition) is 0. The van der Waals surface area contributed by atoms with Gasteiger partial charge in [0.15, 0.2) is 23.2 Å². The SMILES string of the molecule is Cn1nnnc1[C@H](C(=O)c1ccccc1)[C@@H](C(=O)c1ccccc1)c1nnnn1C. The number of ketones is 2. The molecule has 30 heavy (non-hydrogen) atoms. The second-order valence-electron chi connectivity index (χ2n) is 6.74. The minimum Gasteiger partial charge on any atom is -0.293 e. The van der Waals surface area contributed by atoms with E-state index in [0.717, 1.165) is 0 Å². The van der Waals surface area contributed by atoms with E-state index < -0.39 is 11.8 Å². The maximum atomic E-state index is 13.6. The number of Topliss-reactive ketones (excluding diaryl/α,β-unsaturated/α-hetero) is 2. The van der Waals surface area contributed by atoms with Gasteiger partial charge in [0.25, 0.3) is 0 Å². The first-order valence-electron chi connectivity index (χ1n) is 9.21. The molecular weight excluding hydrogens is 384 g/mol. The van der Waals surface area contributed by atoms with Crippen LogP contribution in [0.1, 0.15) is 44.2 Å². The van der Waals surface area contributed by atoms with E-state index in [1.165, 1.54) is 9.36 Å². The first-order chi connectivity index (χ1) is 14.6. The zero-order chi connectivity index (χ0) is 21.1. The van der Waals surface area contributed by atoms with E-state index in [1.54, 1.807) is 62.6 Å². The fourth-order valence-corrected chi connectivity index (χ4v) is 3.40. The molecule has 2 aromatic carbocycles. The molecule has 10 nitrogen and oxygen atoms in total. The van der Waals surface area contributed by atoms with E-state index in [4.69, 9.17) is 0 Å². The third-order valence-corrected chi connectivity index (χ3v) is 4.88. The molecule has 2 heterocycles. The van der Waals surface area contributed by atoms with Crippen LogP contribution in [0.3, 0.4) is 0 Å². The number of carbonyl (C=O) groups is 2. The lowest BCUT2D eigenvalue weighted by Crippen LogP contribution is -2.31. The van der Waals surface area contributed by atoms with Crippen LogP contribution in [0.2, 0.25) is 0 Å². The van der Waals surface area contributed by atoms with E-state index in [2.05, 4.69) is 31.1 Å². The minimum absolute atomic E-state index is 0.251. The Balaban J connectivity index is 1.92. The lowest BCUT2D eigenvalue weighted by atomic mass is 9.79. The maximum absolute atomic E-state index is 13.6. The van der Waals surface area contributed by atoms with Crippen molar-refractivity contribution in [3.05, 3.63) is 83.4 Å². The second kappa shape index (κ2) is 8.11. The summed E-state index contributed by atoms with van der Waals surface area (Å²) in [6.45, 7) is 0. The third kappa shape index (κ3) is 3.50. The van der Waals surface area contributed by atoms with Crippen LogP contribution in [0.4, 0.5) is 0 Å². The first-order valence-corrected chi connectivity index (χ1v) is 9.21. The predicted octanol–water partition coefficient (Wildman–Crippen LogP) is 1.37. The highest BCUT2D eigenvalue weighted by Crippen LogP contribution is 2.36. The normalized spacial score (nSPS) is 13.0. The summed E-state index contributed by atoms with van der Waals surface area (Å²) in [6, 6.07) is 17.4. The van der Waals surface area contributed by atoms with Gasteiger partial charge in [0.2, 0.25) is 0 Å². The van der Waals surface area contributed by atoms with Gasteiger partial charge in [-0.05, 0) is 20.9 Å². The van der Waals surface area contributed by atoms with Gasteiger partial charge in [-0.2, -0.15) is 0 Å². The number of aromatic nitrogens is 8. The Morgan fingerprint density at radius 1 is 0.667 bits per heavy atom. The predicted molar refractivity (Wildman–Crippen MR) is 105 cm³/mol. The van der Waals surface area contributed by atoms with Gasteiger partial charge in [-0.15, -0.1) is 10.2 Å². The van der Waals surface area contributed by atoms with Crippen LogP contribution in [0.15, 0.2) is 60.7 Å². The Kier molecular flexibility index (Phi) is 5.21. The zero-order valence-corrected chi connectivity index (χ0v) is 16.3. The number of hydrogen-bond acceptors (Lipinski definition) is 8. The van der Waals surface area contributed by atoms with Crippen LogP contribution < -0.4 is 0 Å². The Morgan fingerprint density at radius 3 is 1.33 bits per heavy atom. The summed E-state index contributed by atoms with van der Waals surface area (Å²) in [5.74, 6) is -2.14. The number of nitrogens with zero attached hydrogens (tertiary/aromatic N) is 8. The molecule has 0 aliphatic carbocycles. The Morgan fingerprint density at radius 2 is 1.03 bits per heavy atom. The molecule has 2 atom stereocenters. The van der Waals surface area contributed by atoms with Gasteiger partial charge >= 0.3 is 0 Å². The van der Waals surface area contributed by atoms with Crippen molar-refractivity contribution in [3.8, 4) is 0 Å². The molecule has 0 aliphatic rings. The van der Waals surface area contributed by atoms with Crippen molar-refractivity contribution in [2.75, 3.05) is 0 Å². The van der Waals surface area contributed by atoms with Gasteiger partial charge in [-0.1, -0.05) is 60.7 Å². The molecule has 0 saturated heterocycles. The van der Waals surface area contributed by atoms with Crippen LogP contribution in [0.25, 0.3) is 0 Å². The minimum atomic E-state index is -1.02. The Bertz CT molecular complexity index is 1080. The van der Waals surface area contributed by atoms with E-state index in [1.807, 2.05) is 12.1 Å². The maximum Gasteiger partial charge on any atom is 0.174 e.